The fourth-order valence-corrected chi connectivity index (χ4v) is 3.85. The number of likely N-dealkylation sites (N-methyl/N-ethyl adjacent to an activating group) is 1. The summed E-state index contributed by atoms with van der Waals surface area (Å²) in [4.78, 5) is 17.7. The molecule has 0 aliphatic carbocycles. The summed E-state index contributed by atoms with van der Waals surface area (Å²) in [5, 5.41) is 2.71. The van der Waals surface area contributed by atoms with E-state index in [0.29, 0.717) is 6.42 Å². The average Bonchev–Trinajstić information content (AvgIpc) is 3.12. The van der Waals surface area contributed by atoms with Gasteiger partial charge in [-0.05, 0) is 12.1 Å². The number of thiazole rings is 1. The molecule has 0 saturated carbocycles. The minimum absolute atomic E-state index is 0.0146. The van der Waals surface area contributed by atoms with Gasteiger partial charge in [0.25, 0.3) is 0 Å². The Labute approximate surface area is 137 Å². The van der Waals surface area contributed by atoms with Gasteiger partial charge in [-0.2, -0.15) is 0 Å². The van der Waals surface area contributed by atoms with Crippen LogP contribution in [0.2, 0.25) is 0 Å². The normalized spacial score (nSPS) is 11.2. The van der Waals surface area contributed by atoms with E-state index >= 15 is 0 Å². The number of rotatable bonds is 3. The number of fused-ring (bicyclic) bond motifs is 3. The lowest BCUT2D eigenvalue weighted by atomic mass is 10.1. The van der Waals surface area contributed by atoms with Crippen LogP contribution in [-0.2, 0) is 11.2 Å². The number of nitrogens with zero attached hydrogens (tertiary/aromatic N) is 2. The molecule has 4 nitrogen and oxygen atoms in total. The van der Waals surface area contributed by atoms with Crippen molar-refractivity contribution in [2.45, 2.75) is 6.42 Å². The molecule has 0 saturated heterocycles. The maximum absolute atomic E-state index is 12.0. The molecule has 23 heavy (non-hydrogen) atoms. The van der Waals surface area contributed by atoms with E-state index < -0.39 is 0 Å². The summed E-state index contributed by atoms with van der Waals surface area (Å²) < 4.78 is 3.28. The molecule has 2 heterocycles. The highest BCUT2D eigenvalue weighted by Crippen LogP contribution is 2.33. The lowest BCUT2D eigenvalue weighted by Crippen LogP contribution is -2.21. The third-order valence-electron chi connectivity index (χ3n) is 3.90. The van der Waals surface area contributed by atoms with E-state index in [4.69, 9.17) is 4.98 Å². The molecule has 0 atom stereocenters. The molecule has 1 N–H and O–H groups in total. The van der Waals surface area contributed by atoms with Crippen LogP contribution in [0.25, 0.3) is 26.4 Å². The third-order valence-corrected chi connectivity index (χ3v) is 4.93. The third kappa shape index (κ3) is 2.29. The average molecular weight is 321 g/mol. The Hall–Kier alpha value is -2.66. The second-order valence-electron chi connectivity index (χ2n) is 5.31. The van der Waals surface area contributed by atoms with Gasteiger partial charge in [0.1, 0.15) is 0 Å². The molecule has 4 rings (SSSR count). The van der Waals surface area contributed by atoms with Crippen molar-refractivity contribution >= 4 is 32.4 Å². The van der Waals surface area contributed by atoms with Crippen LogP contribution in [0.4, 0.5) is 0 Å². The molecule has 2 aromatic heterocycles. The summed E-state index contributed by atoms with van der Waals surface area (Å²) in [6, 6.07) is 18.2. The van der Waals surface area contributed by atoms with Crippen molar-refractivity contribution in [2.75, 3.05) is 7.05 Å². The van der Waals surface area contributed by atoms with E-state index in [9.17, 15) is 4.79 Å². The summed E-state index contributed by atoms with van der Waals surface area (Å²) in [6.45, 7) is 0. The van der Waals surface area contributed by atoms with Crippen molar-refractivity contribution in [3.63, 3.8) is 0 Å². The molecule has 0 aliphatic rings. The summed E-state index contributed by atoms with van der Waals surface area (Å²) in [7, 11) is 1.66. The van der Waals surface area contributed by atoms with E-state index in [1.807, 2.05) is 42.5 Å². The SMILES string of the molecule is CNC(=O)Cc1c(-c2ccccc2)nc2sc3ccccc3n12. The number of benzene rings is 2. The van der Waals surface area contributed by atoms with Gasteiger partial charge in [0.05, 0.1) is 28.0 Å². The molecule has 0 radical (unpaired) electrons. The smallest absolute Gasteiger partial charge is 0.225 e. The van der Waals surface area contributed by atoms with Gasteiger partial charge >= 0.3 is 0 Å². The predicted octanol–water partition coefficient (Wildman–Crippen LogP) is 3.50. The molecule has 114 valence electrons. The maximum Gasteiger partial charge on any atom is 0.225 e. The number of hydrogen-bond acceptors (Lipinski definition) is 3. The van der Waals surface area contributed by atoms with Crippen LogP contribution in [-0.4, -0.2) is 22.3 Å². The highest BCUT2D eigenvalue weighted by molar-refractivity contribution is 7.23. The van der Waals surface area contributed by atoms with Crippen LogP contribution in [0.5, 0.6) is 0 Å². The lowest BCUT2D eigenvalue weighted by molar-refractivity contribution is -0.120. The second-order valence-corrected chi connectivity index (χ2v) is 6.32. The molecule has 0 spiro atoms. The number of carbonyl (C=O) groups excluding carboxylic acids is 1. The van der Waals surface area contributed by atoms with Crippen molar-refractivity contribution in [2.24, 2.45) is 0 Å². The minimum Gasteiger partial charge on any atom is -0.359 e. The first kappa shape index (κ1) is 14.0. The van der Waals surface area contributed by atoms with Crippen LogP contribution in [0.15, 0.2) is 54.6 Å². The maximum atomic E-state index is 12.0. The molecule has 0 aliphatic heterocycles. The summed E-state index contributed by atoms with van der Waals surface area (Å²) >= 11 is 1.65. The van der Waals surface area contributed by atoms with Gasteiger partial charge in [0.15, 0.2) is 4.96 Å². The molecular formula is C18H15N3OS. The van der Waals surface area contributed by atoms with Gasteiger partial charge in [0, 0.05) is 12.6 Å². The molecule has 4 aromatic rings. The van der Waals surface area contributed by atoms with Crippen molar-refractivity contribution in [3.8, 4) is 11.3 Å². The number of hydrogen-bond donors (Lipinski definition) is 1. The van der Waals surface area contributed by atoms with Crippen molar-refractivity contribution in [3.05, 3.63) is 60.3 Å². The molecule has 0 unspecified atom stereocenters. The predicted molar refractivity (Wildman–Crippen MR) is 93.8 cm³/mol. The molecule has 2 aromatic carbocycles. The zero-order chi connectivity index (χ0) is 15.8. The monoisotopic (exact) mass is 321 g/mol. The number of imidazole rings is 1. The van der Waals surface area contributed by atoms with Gasteiger partial charge in [-0.3, -0.25) is 9.20 Å². The van der Waals surface area contributed by atoms with Crippen LogP contribution in [0.3, 0.4) is 0 Å². The van der Waals surface area contributed by atoms with E-state index in [1.54, 1.807) is 18.4 Å². The molecule has 1 amide bonds. The summed E-state index contributed by atoms with van der Waals surface area (Å²) in [6.07, 6.45) is 0.308. The topological polar surface area (TPSA) is 46.4 Å². The Morgan fingerprint density at radius 3 is 2.65 bits per heavy atom. The Bertz CT molecular complexity index is 1000. The van der Waals surface area contributed by atoms with E-state index in [1.165, 1.54) is 4.70 Å². The number of amides is 1. The first-order valence-corrected chi connectivity index (χ1v) is 8.24. The molecule has 0 fully saturated rings. The van der Waals surface area contributed by atoms with Crippen molar-refractivity contribution < 1.29 is 4.79 Å². The Balaban J connectivity index is 2.02. The van der Waals surface area contributed by atoms with Crippen LogP contribution in [0, 0.1) is 0 Å². The summed E-state index contributed by atoms with van der Waals surface area (Å²) in [5.74, 6) is -0.0146. The highest BCUT2D eigenvalue weighted by atomic mass is 32.1. The number of aromatic nitrogens is 2. The first-order chi connectivity index (χ1) is 11.3. The largest absolute Gasteiger partial charge is 0.359 e. The Morgan fingerprint density at radius 2 is 1.87 bits per heavy atom. The van der Waals surface area contributed by atoms with Gasteiger partial charge in [-0.15, -0.1) is 0 Å². The van der Waals surface area contributed by atoms with Gasteiger partial charge < -0.3 is 5.32 Å². The standard InChI is InChI=1S/C18H15N3OS/c1-19-16(22)11-14-17(12-7-3-2-4-8-12)20-18-21(14)13-9-5-6-10-15(13)23-18/h2-10H,11H2,1H3,(H,19,22). The summed E-state index contributed by atoms with van der Waals surface area (Å²) in [5.41, 5.74) is 3.95. The quantitative estimate of drug-likeness (QED) is 0.628. The van der Waals surface area contributed by atoms with E-state index in [2.05, 4.69) is 21.9 Å². The van der Waals surface area contributed by atoms with Crippen LogP contribution < -0.4 is 5.32 Å². The highest BCUT2D eigenvalue weighted by Gasteiger charge is 2.19. The minimum atomic E-state index is -0.0146. The van der Waals surface area contributed by atoms with Crippen LogP contribution >= 0.6 is 11.3 Å². The zero-order valence-electron chi connectivity index (χ0n) is 12.6. The number of para-hydroxylation sites is 1. The Kier molecular flexibility index (Phi) is 3.35. The molecular weight excluding hydrogens is 306 g/mol. The van der Waals surface area contributed by atoms with Gasteiger partial charge in [-0.25, -0.2) is 4.98 Å². The molecule has 0 bridgehead atoms. The van der Waals surface area contributed by atoms with Crippen molar-refractivity contribution in [1.29, 1.82) is 0 Å². The Morgan fingerprint density at radius 1 is 1.13 bits per heavy atom. The fraction of sp³-hybridized carbons (Fsp3) is 0.111. The lowest BCUT2D eigenvalue weighted by Gasteiger charge is -2.05. The first-order valence-electron chi connectivity index (χ1n) is 7.43. The van der Waals surface area contributed by atoms with Gasteiger partial charge in [-0.1, -0.05) is 53.8 Å². The van der Waals surface area contributed by atoms with Crippen LogP contribution in [0.1, 0.15) is 5.69 Å². The number of carbonyl (C=O) groups is 1. The zero-order valence-corrected chi connectivity index (χ0v) is 13.4. The number of nitrogens with one attached hydrogen (secondary N) is 1. The van der Waals surface area contributed by atoms with Crippen molar-refractivity contribution in [1.82, 2.24) is 14.7 Å². The molecule has 5 heteroatoms. The van der Waals surface area contributed by atoms with E-state index in [0.717, 1.165) is 27.4 Å². The van der Waals surface area contributed by atoms with Gasteiger partial charge in [0.2, 0.25) is 5.91 Å². The fourth-order valence-electron chi connectivity index (χ4n) is 2.81. The second kappa shape index (κ2) is 5.52. The van der Waals surface area contributed by atoms with E-state index in [-0.39, 0.29) is 5.91 Å².